The number of pyridine rings is 2. The smallest absolute Gasteiger partial charge is 0.152 e. The zero-order chi connectivity index (χ0) is 21.0. The Labute approximate surface area is 178 Å². The van der Waals surface area contributed by atoms with Crippen molar-refractivity contribution in [3.8, 4) is 11.3 Å². The molecule has 4 nitrogen and oxygen atoms in total. The lowest BCUT2D eigenvalue weighted by atomic mass is 9.56. The van der Waals surface area contributed by atoms with E-state index >= 15 is 0 Å². The molecule has 3 aromatic heterocycles. The first-order chi connectivity index (χ1) is 14.4. The summed E-state index contributed by atoms with van der Waals surface area (Å²) in [5.41, 5.74) is 1.34. The standard InChI is InChI=1S/C23H22ClF2N3O/c1-11(30)21-13-4-2-12(3-5-13)15(21)7-20-18(25)8-19(26)22(29-20)17-10-28-23-16(17)6-14(24)9-27-23/h6,8-10,12-13,15,21H,2-5,7H2,1H3,(H,27,28)/t12?,13?,15-,21-/m0/s1. The van der Waals surface area contributed by atoms with E-state index in [0.717, 1.165) is 31.7 Å². The molecule has 2 atom stereocenters. The van der Waals surface area contributed by atoms with Crippen LogP contribution in [0.3, 0.4) is 0 Å². The molecular weight excluding hydrogens is 408 g/mol. The van der Waals surface area contributed by atoms with E-state index in [2.05, 4.69) is 15.0 Å². The lowest BCUT2D eigenvalue weighted by Crippen LogP contribution is -2.44. The fourth-order valence-corrected chi connectivity index (χ4v) is 5.89. The highest BCUT2D eigenvalue weighted by molar-refractivity contribution is 6.31. The first kappa shape index (κ1) is 19.6. The van der Waals surface area contributed by atoms with E-state index in [1.165, 1.54) is 6.20 Å². The Morgan fingerprint density at radius 1 is 1.17 bits per heavy atom. The van der Waals surface area contributed by atoms with Crippen LogP contribution >= 0.6 is 11.6 Å². The van der Waals surface area contributed by atoms with Gasteiger partial charge >= 0.3 is 0 Å². The highest BCUT2D eigenvalue weighted by Crippen LogP contribution is 2.50. The lowest BCUT2D eigenvalue weighted by Gasteiger charge is -2.47. The van der Waals surface area contributed by atoms with Crippen LogP contribution in [0, 0.1) is 35.3 Å². The van der Waals surface area contributed by atoms with E-state index in [4.69, 9.17) is 11.6 Å². The van der Waals surface area contributed by atoms with Crippen LogP contribution in [-0.2, 0) is 11.2 Å². The summed E-state index contributed by atoms with van der Waals surface area (Å²) in [5, 5.41) is 1.05. The zero-order valence-electron chi connectivity index (χ0n) is 16.6. The van der Waals surface area contributed by atoms with Crippen molar-refractivity contribution in [3.63, 3.8) is 0 Å². The molecule has 3 saturated carbocycles. The number of carbonyl (C=O) groups excluding carboxylic acids is 1. The number of Topliss-reactive ketones (excluding diaryl/α,β-unsaturated/α-hetero) is 1. The van der Waals surface area contributed by atoms with Gasteiger partial charge in [0.05, 0.1) is 10.7 Å². The quantitative estimate of drug-likeness (QED) is 0.575. The number of aromatic nitrogens is 3. The van der Waals surface area contributed by atoms with Gasteiger partial charge in [-0.25, -0.2) is 18.7 Å². The van der Waals surface area contributed by atoms with E-state index < -0.39 is 11.6 Å². The summed E-state index contributed by atoms with van der Waals surface area (Å²) in [6, 6.07) is 2.59. The third kappa shape index (κ3) is 3.22. The second kappa shape index (κ2) is 7.41. The zero-order valence-corrected chi connectivity index (χ0v) is 17.3. The highest BCUT2D eigenvalue weighted by Gasteiger charge is 2.45. The number of hydrogen-bond donors (Lipinski definition) is 1. The predicted octanol–water partition coefficient (Wildman–Crippen LogP) is 5.74. The SMILES string of the molecule is CC(=O)[C@H]1C2CCC(CC2)[C@@H]1Cc1nc(-c2c[nH]c3ncc(Cl)cc23)c(F)cc1F. The molecule has 0 saturated heterocycles. The second-order valence-corrected chi connectivity index (χ2v) is 9.12. The van der Waals surface area contributed by atoms with Gasteiger partial charge in [0, 0.05) is 35.3 Å². The molecule has 156 valence electrons. The first-order valence-electron chi connectivity index (χ1n) is 10.4. The number of nitrogens with zero attached hydrogens (tertiary/aromatic N) is 2. The van der Waals surface area contributed by atoms with Gasteiger partial charge in [-0.05, 0) is 62.8 Å². The fourth-order valence-electron chi connectivity index (χ4n) is 5.74. The fraction of sp³-hybridized carbons (Fsp3) is 0.435. The van der Waals surface area contributed by atoms with Crippen LogP contribution < -0.4 is 0 Å². The number of hydrogen-bond acceptors (Lipinski definition) is 3. The van der Waals surface area contributed by atoms with Crippen molar-refractivity contribution in [1.82, 2.24) is 15.0 Å². The average molecular weight is 430 g/mol. The Balaban J connectivity index is 1.55. The monoisotopic (exact) mass is 429 g/mol. The Hall–Kier alpha value is -2.34. The molecule has 3 aliphatic rings. The average Bonchev–Trinajstić information content (AvgIpc) is 3.13. The number of nitrogens with one attached hydrogen (secondary N) is 1. The minimum absolute atomic E-state index is 0.0525. The van der Waals surface area contributed by atoms with Crippen LogP contribution in [0.25, 0.3) is 22.3 Å². The number of H-pyrrole nitrogens is 1. The van der Waals surface area contributed by atoms with Gasteiger partial charge in [0.15, 0.2) is 5.82 Å². The summed E-state index contributed by atoms with van der Waals surface area (Å²) in [6.45, 7) is 1.64. The Morgan fingerprint density at radius 2 is 1.90 bits per heavy atom. The first-order valence-corrected chi connectivity index (χ1v) is 10.8. The summed E-state index contributed by atoms with van der Waals surface area (Å²) < 4.78 is 29.5. The van der Waals surface area contributed by atoms with Gasteiger partial charge < -0.3 is 4.98 Å². The van der Waals surface area contributed by atoms with Crippen LogP contribution in [-0.4, -0.2) is 20.7 Å². The van der Waals surface area contributed by atoms with Gasteiger partial charge in [-0.1, -0.05) is 11.6 Å². The van der Waals surface area contributed by atoms with Crippen LogP contribution in [0.1, 0.15) is 38.3 Å². The molecule has 2 bridgehead atoms. The molecule has 7 heteroatoms. The molecule has 0 radical (unpaired) electrons. The van der Waals surface area contributed by atoms with Gasteiger partial charge in [0.25, 0.3) is 0 Å². The van der Waals surface area contributed by atoms with Gasteiger partial charge in [-0.2, -0.15) is 0 Å². The topological polar surface area (TPSA) is 58.6 Å². The Morgan fingerprint density at radius 3 is 2.63 bits per heavy atom. The van der Waals surface area contributed by atoms with E-state index in [-0.39, 0.29) is 29.0 Å². The van der Waals surface area contributed by atoms with Crippen LogP contribution in [0.15, 0.2) is 24.5 Å². The van der Waals surface area contributed by atoms with E-state index in [0.29, 0.717) is 39.9 Å². The maximum atomic E-state index is 14.7. The second-order valence-electron chi connectivity index (χ2n) is 8.68. The number of rotatable bonds is 4. The predicted molar refractivity (Wildman–Crippen MR) is 111 cm³/mol. The van der Waals surface area contributed by atoms with Gasteiger partial charge in [0.2, 0.25) is 0 Å². The third-order valence-electron chi connectivity index (χ3n) is 7.04. The molecule has 6 rings (SSSR count). The minimum atomic E-state index is -0.731. The molecule has 0 amide bonds. The Bertz CT molecular complexity index is 1140. The molecule has 0 aliphatic heterocycles. The van der Waals surface area contributed by atoms with E-state index in [9.17, 15) is 13.6 Å². The largest absolute Gasteiger partial charge is 0.345 e. The molecule has 3 heterocycles. The molecular formula is C23H22ClF2N3O. The number of fused-ring (bicyclic) bond motifs is 4. The molecule has 3 aliphatic carbocycles. The van der Waals surface area contributed by atoms with Crippen LogP contribution in [0.4, 0.5) is 8.78 Å². The third-order valence-corrected chi connectivity index (χ3v) is 7.25. The van der Waals surface area contributed by atoms with Crippen LogP contribution in [0.2, 0.25) is 5.02 Å². The van der Waals surface area contributed by atoms with Crippen molar-refractivity contribution < 1.29 is 13.6 Å². The van der Waals surface area contributed by atoms with E-state index in [1.54, 1.807) is 19.2 Å². The maximum Gasteiger partial charge on any atom is 0.152 e. The molecule has 0 aromatic carbocycles. The minimum Gasteiger partial charge on any atom is -0.345 e. The summed E-state index contributed by atoms with van der Waals surface area (Å²) in [5.74, 6) is -0.425. The van der Waals surface area contributed by atoms with Crippen molar-refractivity contribution in [1.29, 1.82) is 0 Å². The number of halogens is 3. The lowest BCUT2D eigenvalue weighted by molar-refractivity contribution is -0.130. The summed E-state index contributed by atoms with van der Waals surface area (Å²) >= 11 is 6.06. The Kier molecular flexibility index (Phi) is 4.85. The van der Waals surface area contributed by atoms with Crippen LogP contribution in [0.5, 0.6) is 0 Å². The summed E-state index contributed by atoms with van der Waals surface area (Å²) in [6.07, 6.45) is 7.75. The maximum absolute atomic E-state index is 14.7. The van der Waals surface area contributed by atoms with Crippen molar-refractivity contribution in [3.05, 3.63) is 46.9 Å². The van der Waals surface area contributed by atoms with Gasteiger partial charge in [-0.3, -0.25) is 4.79 Å². The summed E-state index contributed by atoms with van der Waals surface area (Å²) in [4.78, 5) is 24.0. The number of aromatic amines is 1. The normalized spacial score (nSPS) is 25.7. The van der Waals surface area contributed by atoms with Gasteiger partial charge in [-0.15, -0.1) is 0 Å². The van der Waals surface area contributed by atoms with Crippen molar-refractivity contribution in [2.24, 2.45) is 23.7 Å². The summed E-state index contributed by atoms with van der Waals surface area (Å²) in [7, 11) is 0. The van der Waals surface area contributed by atoms with E-state index in [1.807, 2.05) is 0 Å². The molecule has 3 fully saturated rings. The molecule has 0 unspecified atom stereocenters. The number of carbonyl (C=O) groups is 1. The number of ketones is 1. The van der Waals surface area contributed by atoms with Crippen molar-refractivity contribution >= 4 is 28.4 Å². The van der Waals surface area contributed by atoms with Crippen molar-refractivity contribution in [2.45, 2.75) is 39.0 Å². The van der Waals surface area contributed by atoms with Crippen molar-refractivity contribution in [2.75, 3.05) is 0 Å². The molecule has 0 spiro atoms. The van der Waals surface area contributed by atoms with Gasteiger partial charge in [0.1, 0.15) is 22.9 Å². The highest BCUT2D eigenvalue weighted by atomic mass is 35.5. The molecule has 3 aromatic rings. The molecule has 1 N–H and O–H groups in total. The molecule has 30 heavy (non-hydrogen) atoms.